The van der Waals surface area contributed by atoms with Gasteiger partial charge in [-0.05, 0) is 0 Å². The molecule has 1 rings (SSSR count). The number of halogens is 2. The van der Waals surface area contributed by atoms with Crippen molar-refractivity contribution in [3.8, 4) is 0 Å². The second kappa shape index (κ2) is 6.99. The van der Waals surface area contributed by atoms with Crippen molar-refractivity contribution in [1.82, 2.24) is 0 Å². The number of ether oxygens (including phenoxy) is 2. The fourth-order valence-corrected chi connectivity index (χ4v) is 26.8. The number of hydrogen-bond acceptors (Lipinski definition) is 2. The number of hydrogen-bond donors (Lipinski definition) is 0. The average Bonchev–Trinajstić information content (AvgIpc) is 2.13. The summed E-state index contributed by atoms with van der Waals surface area (Å²) < 4.78 is 14.7. The molecule has 2 unspecified atom stereocenters. The third-order valence-corrected chi connectivity index (χ3v) is 21.9. The fraction of sp³-hybridized carbons (Fsp3) is 1.00. The Kier molecular flexibility index (Phi) is 7.64. The zero-order chi connectivity index (χ0) is 10.7. The normalized spacial score (nSPS) is 37.4. The van der Waals surface area contributed by atoms with Gasteiger partial charge in [-0.25, -0.2) is 0 Å². The molecule has 6 heteroatoms. The van der Waals surface area contributed by atoms with Crippen molar-refractivity contribution in [3.63, 3.8) is 0 Å². The first-order chi connectivity index (χ1) is 6.54. The van der Waals surface area contributed by atoms with Crippen LogP contribution in [-0.2, 0) is 50.0 Å². The Labute approximate surface area is 129 Å². The maximum atomic E-state index is 6.03. The second-order valence-corrected chi connectivity index (χ2v) is 30.1. The quantitative estimate of drug-likeness (QED) is 0.322. The van der Waals surface area contributed by atoms with Gasteiger partial charge in [0.2, 0.25) is 0 Å². The topological polar surface area (TPSA) is 18.5 Å². The molecule has 14 heavy (non-hydrogen) atoms. The molecule has 0 aromatic heterocycles. The molecule has 0 aliphatic carbocycles. The van der Waals surface area contributed by atoms with Crippen molar-refractivity contribution < 1.29 is 50.0 Å². The van der Waals surface area contributed by atoms with Gasteiger partial charge in [0.05, 0.1) is 0 Å². The van der Waals surface area contributed by atoms with Gasteiger partial charge in [0.15, 0.2) is 0 Å². The van der Waals surface area contributed by atoms with E-state index in [0.717, 1.165) is 13.2 Å². The summed E-state index contributed by atoms with van der Waals surface area (Å²) in [4.78, 5) is 0. The van der Waals surface area contributed by atoms with Crippen molar-refractivity contribution in [2.45, 2.75) is 32.9 Å². The zero-order valence-corrected chi connectivity index (χ0v) is 24.1. The van der Waals surface area contributed by atoms with Crippen LogP contribution < -0.4 is 0 Å². The van der Waals surface area contributed by atoms with Crippen molar-refractivity contribution in [1.29, 1.82) is 0 Å². The van der Waals surface area contributed by atoms with Crippen LogP contribution in [0.4, 0.5) is 0 Å². The van der Waals surface area contributed by atoms with E-state index in [4.69, 9.17) is 9.47 Å². The van der Waals surface area contributed by atoms with Crippen LogP contribution in [0.25, 0.3) is 0 Å². The van der Waals surface area contributed by atoms with Crippen molar-refractivity contribution in [2.24, 2.45) is 0 Å². The van der Waals surface area contributed by atoms with Gasteiger partial charge >= 0.3 is 131 Å². The molecule has 1 fully saturated rings. The first-order valence-corrected chi connectivity index (χ1v) is 43.6. The van der Waals surface area contributed by atoms with E-state index in [-0.39, 0.29) is 11.2 Å². The Balaban J connectivity index is 2.44. The Morgan fingerprint density at radius 3 is 1.57 bits per heavy atom. The Hall–Kier alpha value is 3.25. The Morgan fingerprint density at radius 2 is 1.36 bits per heavy atom. The van der Waals surface area contributed by atoms with Crippen LogP contribution in [0.1, 0.15) is 13.8 Å². The summed E-state index contributed by atoms with van der Waals surface area (Å²) in [6.07, 6.45) is 0. The van der Waals surface area contributed by atoms with E-state index in [0.29, 0.717) is 0 Å². The summed E-state index contributed by atoms with van der Waals surface area (Å²) in [5.41, 5.74) is 0.148. The predicted molar refractivity (Wildman–Crippen MR) is 66.4 cm³/mol. The van der Waals surface area contributed by atoms with Crippen LogP contribution >= 0.6 is 35.3 Å². The van der Waals surface area contributed by atoms with Gasteiger partial charge in [0.1, 0.15) is 0 Å². The molecule has 1 saturated heterocycles. The molecule has 76 valence electrons. The van der Waals surface area contributed by atoms with Gasteiger partial charge in [-0.1, -0.05) is 0 Å². The standard InChI is InChI=1S/C8H14O2.2Hg.2HI/c1-7(2)5-10-8(3,4)6-9-7;;;;/h1,3,5-6H2,2,4H3;;;2*1H/q;2*+1;;/p-2. The van der Waals surface area contributed by atoms with Gasteiger partial charge in [0, 0.05) is 0 Å². The molecule has 0 bridgehead atoms. The summed E-state index contributed by atoms with van der Waals surface area (Å²) >= 11 is 4.01. The maximum absolute atomic E-state index is 6.03. The third kappa shape index (κ3) is 4.86. The van der Waals surface area contributed by atoms with Crippen molar-refractivity contribution in [2.75, 3.05) is 13.2 Å². The third-order valence-electron chi connectivity index (χ3n) is 2.70. The summed E-state index contributed by atoms with van der Waals surface area (Å²) in [5.74, 6) is 0. The Morgan fingerprint density at radius 1 is 1.00 bits per heavy atom. The predicted octanol–water partition coefficient (Wildman–Crippen LogP) is 3.25. The molecule has 0 spiro atoms. The second-order valence-electron chi connectivity index (χ2n) is 4.36. The molecule has 1 heterocycles. The first kappa shape index (κ1) is 15.3. The van der Waals surface area contributed by atoms with Crippen LogP contribution in [0.3, 0.4) is 0 Å². The fourth-order valence-electron chi connectivity index (χ4n) is 1.43. The van der Waals surface area contributed by atoms with E-state index in [1.54, 1.807) is 0 Å². The molecule has 0 amide bonds. The van der Waals surface area contributed by atoms with E-state index >= 15 is 0 Å². The molecule has 2 atom stereocenters. The van der Waals surface area contributed by atoms with Crippen LogP contribution in [-0.4, -0.2) is 24.4 Å². The van der Waals surface area contributed by atoms with Gasteiger partial charge < -0.3 is 0 Å². The molecule has 1 aliphatic heterocycles. The van der Waals surface area contributed by atoms with Crippen molar-refractivity contribution >= 4 is 35.3 Å². The van der Waals surface area contributed by atoms with E-state index in [1.165, 1.54) is 7.86 Å². The molecule has 1 aliphatic rings. The Bertz CT molecular complexity index is 164. The molecule has 0 aromatic rings. The molecule has 0 saturated carbocycles. The van der Waals surface area contributed by atoms with Crippen LogP contribution in [0, 0.1) is 0 Å². The molecule has 2 nitrogen and oxygen atoms in total. The molecule has 0 radical (unpaired) electrons. The summed E-state index contributed by atoms with van der Waals surface area (Å²) in [7, 11) is 0. The molecular weight excluding hydrogens is 783 g/mol. The molecule has 0 N–H and O–H groups in total. The summed E-state index contributed by atoms with van der Waals surface area (Å²) in [6.45, 7) is 6.10. The van der Waals surface area contributed by atoms with Gasteiger partial charge in [0.25, 0.3) is 0 Å². The van der Waals surface area contributed by atoms with Crippen LogP contribution in [0.15, 0.2) is 0 Å². The van der Waals surface area contributed by atoms with Gasteiger partial charge in [-0.2, -0.15) is 0 Å². The van der Waals surface area contributed by atoms with Crippen molar-refractivity contribution in [3.05, 3.63) is 0 Å². The van der Waals surface area contributed by atoms with Gasteiger partial charge in [-0.15, -0.1) is 0 Å². The SMILES string of the molecule is CC1([CH2][Hg][I])COC(C)([CH2][Hg][I])CO1. The monoisotopic (exact) mass is 800 g/mol. The minimum absolute atomic E-state index is 0.0738. The zero-order valence-electron chi connectivity index (χ0n) is 8.82. The van der Waals surface area contributed by atoms with E-state index in [9.17, 15) is 0 Å². The van der Waals surface area contributed by atoms with E-state index in [2.05, 4.69) is 49.2 Å². The molecule has 0 aromatic carbocycles. The first-order valence-electron chi connectivity index (χ1n) is 4.93. The average molecular weight is 797 g/mol. The summed E-state index contributed by atoms with van der Waals surface area (Å²) in [6, 6.07) is 0. The van der Waals surface area contributed by atoms with Crippen LogP contribution in [0.5, 0.6) is 0 Å². The van der Waals surface area contributed by atoms with Gasteiger partial charge in [-0.3, -0.25) is 0 Å². The number of rotatable bonds is 4. The van der Waals surface area contributed by atoms with E-state index in [1.807, 2.05) is 0 Å². The minimum atomic E-state index is -0.616. The molecular formula is C8H14Hg2I2O2. The summed E-state index contributed by atoms with van der Waals surface area (Å²) in [5, 5.41) is 0. The van der Waals surface area contributed by atoms with E-state index < -0.39 is 40.5 Å². The van der Waals surface area contributed by atoms with Crippen LogP contribution in [0.2, 0.25) is 7.86 Å².